The van der Waals surface area contributed by atoms with Crippen molar-refractivity contribution in [1.29, 1.82) is 0 Å². The summed E-state index contributed by atoms with van der Waals surface area (Å²) in [6.45, 7) is 12.8. The number of rotatable bonds is 7. The lowest BCUT2D eigenvalue weighted by atomic mass is 10.1. The molecule has 180 valence electrons. The van der Waals surface area contributed by atoms with Gasteiger partial charge in [-0.3, -0.25) is 9.89 Å². The maximum Gasteiger partial charge on any atom is 0.410 e. The molecule has 3 heterocycles. The zero-order valence-electron chi connectivity index (χ0n) is 19.8. The minimum Gasteiger partial charge on any atom is -0.469 e. The number of likely N-dealkylation sites (tertiary alicyclic amines) is 1. The van der Waals surface area contributed by atoms with Crippen molar-refractivity contribution in [2.24, 2.45) is 4.99 Å². The van der Waals surface area contributed by atoms with Gasteiger partial charge in [0.15, 0.2) is 5.96 Å². The molecule has 0 aromatic carbocycles. The van der Waals surface area contributed by atoms with Gasteiger partial charge in [-0.15, -0.1) is 0 Å². The van der Waals surface area contributed by atoms with Crippen LogP contribution in [0, 0.1) is 0 Å². The Labute approximate surface area is 191 Å². The molecule has 9 nitrogen and oxygen atoms in total. The maximum absolute atomic E-state index is 12.5. The predicted octanol–water partition coefficient (Wildman–Crippen LogP) is 2.09. The van der Waals surface area contributed by atoms with Crippen LogP contribution in [0.5, 0.6) is 0 Å². The Kier molecular flexibility index (Phi) is 9.23. The lowest BCUT2D eigenvalue weighted by Gasteiger charge is -2.35. The van der Waals surface area contributed by atoms with Crippen molar-refractivity contribution in [3.05, 3.63) is 24.2 Å². The zero-order valence-corrected chi connectivity index (χ0v) is 19.8. The summed E-state index contributed by atoms with van der Waals surface area (Å²) in [4.78, 5) is 21.5. The number of aliphatic imine (C=N–C) groups is 1. The molecule has 0 radical (unpaired) electrons. The minimum atomic E-state index is -0.489. The van der Waals surface area contributed by atoms with E-state index in [1.165, 1.54) is 0 Å². The summed E-state index contributed by atoms with van der Waals surface area (Å²) in [5, 5.41) is 6.96. The number of hydrogen-bond donors (Lipinski definition) is 2. The molecule has 0 aliphatic carbocycles. The van der Waals surface area contributed by atoms with Crippen LogP contribution in [0.3, 0.4) is 0 Å². The number of piperidine rings is 1. The molecule has 2 aliphatic rings. The van der Waals surface area contributed by atoms with Crippen LogP contribution < -0.4 is 10.6 Å². The number of carbonyl (C=O) groups is 1. The van der Waals surface area contributed by atoms with Crippen LogP contribution in [-0.2, 0) is 15.9 Å². The van der Waals surface area contributed by atoms with E-state index in [1.807, 2.05) is 32.9 Å². The van der Waals surface area contributed by atoms with E-state index in [1.54, 1.807) is 11.2 Å². The Bertz CT molecular complexity index is 710. The summed E-state index contributed by atoms with van der Waals surface area (Å²) in [5.74, 6) is 1.72. The molecule has 3 rings (SSSR count). The highest BCUT2D eigenvalue weighted by atomic mass is 16.6. The highest BCUT2D eigenvalue weighted by molar-refractivity contribution is 5.80. The molecule has 9 heteroatoms. The summed E-state index contributed by atoms with van der Waals surface area (Å²) >= 11 is 0. The van der Waals surface area contributed by atoms with Crippen molar-refractivity contribution in [3.63, 3.8) is 0 Å². The molecule has 32 heavy (non-hydrogen) atoms. The van der Waals surface area contributed by atoms with Gasteiger partial charge in [-0.1, -0.05) is 0 Å². The highest BCUT2D eigenvalue weighted by Crippen LogP contribution is 2.15. The van der Waals surface area contributed by atoms with E-state index in [0.29, 0.717) is 13.1 Å². The molecule has 1 aromatic rings. The molecule has 0 saturated carbocycles. The maximum atomic E-state index is 12.5. The third kappa shape index (κ3) is 8.70. The van der Waals surface area contributed by atoms with Crippen LogP contribution in [0.15, 0.2) is 27.8 Å². The van der Waals surface area contributed by atoms with Gasteiger partial charge in [0.05, 0.1) is 26.0 Å². The monoisotopic (exact) mass is 449 g/mol. The van der Waals surface area contributed by atoms with E-state index < -0.39 is 5.60 Å². The van der Waals surface area contributed by atoms with E-state index in [0.717, 1.165) is 76.9 Å². The SMILES string of the molecule is CC(C)(C)OC(=O)N1CCCC(NC(=NCCN2CCOCC2)NCCc2ccco2)C1. The molecule has 2 aliphatic heterocycles. The van der Waals surface area contributed by atoms with E-state index in [2.05, 4.69) is 15.5 Å². The van der Waals surface area contributed by atoms with Crippen LogP contribution in [0.1, 0.15) is 39.4 Å². The molecule has 2 fully saturated rings. The molecule has 1 aromatic heterocycles. The van der Waals surface area contributed by atoms with Crippen LogP contribution in [0.25, 0.3) is 0 Å². The molecule has 1 atom stereocenters. The Morgan fingerprint density at radius 1 is 1.28 bits per heavy atom. The van der Waals surface area contributed by atoms with Crippen LogP contribution >= 0.6 is 0 Å². The third-order valence-corrected chi connectivity index (χ3v) is 5.45. The number of ether oxygens (including phenoxy) is 2. The third-order valence-electron chi connectivity index (χ3n) is 5.45. The van der Waals surface area contributed by atoms with Crippen molar-refractivity contribution in [2.45, 2.75) is 51.7 Å². The number of nitrogens with one attached hydrogen (secondary N) is 2. The predicted molar refractivity (Wildman–Crippen MR) is 124 cm³/mol. The van der Waals surface area contributed by atoms with Crippen LogP contribution in [0.2, 0.25) is 0 Å². The lowest BCUT2D eigenvalue weighted by molar-refractivity contribution is 0.0193. The molecule has 2 N–H and O–H groups in total. The summed E-state index contributed by atoms with van der Waals surface area (Å²) < 4.78 is 16.4. The second-order valence-corrected chi connectivity index (χ2v) is 9.35. The number of furan rings is 1. The van der Waals surface area contributed by atoms with Gasteiger partial charge >= 0.3 is 6.09 Å². The Balaban J connectivity index is 1.53. The van der Waals surface area contributed by atoms with Crippen molar-refractivity contribution < 1.29 is 18.7 Å². The number of carbonyl (C=O) groups excluding carboxylic acids is 1. The van der Waals surface area contributed by atoms with Gasteiger partial charge in [-0.2, -0.15) is 0 Å². The first kappa shape index (κ1) is 24.4. The molecule has 1 amide bonds. The van der Waals surface area contributed by atoms with Crippen molar-refractivity contribution in [1.82, 2.24) is 20.4 Å². The number of guanidine groups is 1. The number of amides is 1. The van der Waals surface area contributed by atoms with Crippen LogP contribution in [-0.4, -0.2) is 92.5 Å². The normalized spacial score (nSPS) is 20.8. The number of nitrogens with zero attached hydrogens (tertiary/aromatic N) is 3. The summed E-state index contributed by atoms with van der Waals surface area (Å²) in [6, 6.07) is 4.01. The van der Waals surface area contributed by atoms with Crippen molar-refractivity contribution >= 4 is 12.1 Å². The summed E-state index contributed by atoms with van der Waals surface area (Å²) in [6.07, 6.45) is 4.15. The van der Waals surface area contributed by atoms with Gasteiger partial charge < -0.3 is 29.4 Å². The Hall–Kier alpha value is -2.26. The molecule has 1 unspecified atom stereocenters. The number of morpholine rings is 1. The van der Waals surface area contributed by atoms with Gasteiger partial charge in [-0.25, -0.2) is 4.79 Å². The smallest absolute Gasteiger partial charge is 0.410 e. The molecule has 0 bridgehead atoms. The first-order chi connectivity index (χ1) is 15.4. The average Bonchev–Trinajstić information content (AvgIpc) is 3.27. The van der Waals surface area contributed by atoms with Crippen molar-refractivity contribution in [3.8, 4) is 0 Å². The van der Waals surface area contributed by atoms with E-state index >= 15 is 0 Å². The first-order valence-corrected chi connectivity index (χ1v) is 11.7. The van der Waals surface area contributed by atoms with Crippen LogP contribution in [0.4, 0.5) is 4.79 Å². The standard InChI is InChI=1S/C23H39N5O4/c1-23(2,3)32-22(29)28-11-4-6-19(18-28)26-21(24-9-8-20-7-5-15-31-20)25-10-12-27-13-16-30-17-14-27/h5,7,15,19H,4,6,8-14,16-18H2,1-3H3,(H2,24,25,26). The first-order valence-electron chi connectivity index (χ1n) is 11.7. The summed E-state index contributed by atoms with van der Waals surface area (Å²) in [5.41, 5.74) is -0.489. The summed E-state index contributed by atoms with van der Waals surface area (Å²) in [7, 11) is 0. The average molecular weight is 450 g/mol. The fourth-order valence-corrected chi connectivity index (χ4v) is 3.82. The van der Waals surface area contributed by atoms with Crippen molar-refractivity contribution in [2.75, 3.05) is 59.0 Å². The van der Waals surface area contributed by atoms with Gasteiger partial charge in [-0.05, 0) is 45.7 Å². The second-order valence-electron chi connectivity index (χ2n) is 9.35. The van der Waals surface area contributed by atoms with Gasteiger partial charge in [0.25, 0.3) is 0 Å². The molecule has 2 saturated heterocycles. The molecular formula is C23H39N5O4. The Morgan fingerprint density at radius 2 is 2.09 bits per heavy atom. The van der Waals surface area contributed by atoms with E-state index in [9.17, 15) is 4.79 Å². The fraction of sp³-hybridized carbons (Fsp3) is 0.739. The largest absolute Gasteiger partial charge is 0.469 e. The second kappa shape index (κ2) is 12.1. The quantitative estimate of drug-likeness (QED) is 0.486. The highest BCUT2D eigenvalue weighted by Gasteiger charge is 2.28. The minimum absolute atomic E-state index is 0.134. The lowest BCUT2D eigenvalue weighted by Crippen LogP contribution is -2.53. The van der Waals surface area contributed by atoms with Gasteiger partial charge in [0, 0.05) is 51.7 Å². The van der Waals surface area contributed by atoms with Gasteiger partial charge in [0.1, 0.15) is 11.4 Å². The number of hydrogen-bond acceptors (Lipinski definition) is 6. The van der Waals surface area contributed by atoms with E-state index in [-0.39, 0.29) is 12.1 Å². The molecule has 0 spiro atoms. The molecular weight excluding hydrogens is 410 g/mol. The Morgan fingerprint density at radius 3 is 2.81 bits per heavy atom. The van der Waals surface area contributed by atoms with Gasteiger partial charge in [0.2, 0.25) is 0 Å². The van der Waals surface area contributed by atoms with E-state index in [4.69, 9.17) is 18.9 Å². The fourth-order valence-electron chi connectivity index (χ4n) is 3.82. The zero-order chi connectivity index (χ0) is 22.8. The topological polar surface area (TPSA) is 91.6 Å².